The summed E-state index contributed by atoms with van der Waals surface area (Å²) in [6.07, 6.45) is 1.28. The molecule has 3 N–H and O–H groups in total. The van der Waals surface area contributed by atoms with Crippen molar-refractivity contribution in [3.05, 3.63) is 18.0 Å². The molecule has 1 rings (SSSR count). The zero-order valence-electron chi connectivity index (χ0n) is 13.0. The van der Waals surface area contributed by atoms with E-state index < -0.39 is 10.0 Å². The third kappa shape index (κ3) is 4.79. The standard InChI is InChI=1S/C13H25N3O4S/c1-10(2)16-8-13(5-11(16)6-14)21(17,18)15-7-12(20-4)9-19-3/h5,8,10,12,15H,6-7,9,14H2,1-4H3. The van der Waals surface area contributed by atoms with Crippen molar-refractivity contribution in [1.82, 2.24) is 9.29 Å². The summed E-state index contributed by atoms with van der Waals surface area (Å²) in [6.45, 7) is 4.71. The number of nitrogens with one attached hydrogen (secondary N) is 1. The summed E-state index contributed by atoms with van der Waals surface area (Å²) >= 11 is 0. The van der Waals surface area contributed by atoms with Crippen LogP contribution in [0.4, 0.5) is 0 Å². The molecule has 21 heavy (non-hydrogen) atoms. The molecule has 0 aliphatic rings. The predicted octanol–water partition coefficient (Wildman–Crippen LogP) is 0.467. The molecule has 0 saturated heterocycles. The number of ether oxygens (including phenoxy) is 2. The third-order valence-electron chi connectivity index (χ3n) is 3.17. The van der Waals surface area contributed by atoms with Crippen LogP contribution >= 0.6 is 0 Å². The second kappa shape index (κ2) is 7.90. The van der Waals surface area contributed by atoms with Crippen molar-refractivity contribution < 1.29 is 17.9 Å². The highest BCUT2D eigenvalue weighted by Crippen LogP contribution is 2.18. The zero-order valence-corrected chi connectivity index (χ0v) is 13.8. The summed E-state index contributed by atoms with van der Waals surface area (Å²) < 4.78 is 39.1. The van der Waals surface area contributed by atoms with Gasteiger partial charge in [-0.2, -0.15) is 0 Å². The lowest BCUT2D eigenvalue weighted by atomic mass is 10.3. The fourth-order valence-electron chi connectivity index (χ4n) is 1.97. The first-order valence-corrected chi connectivity index (χ1v) is 8.26. The van der Waals surface area contributed by atoms with Crippen LogP contribution in [0.2, 0.25) is 0 Å². The van der Waals surface area contributed by atoms with Crippen molar-refractivity contribution in [1.29, 1.82) is 0 Å². The minimum atomic E-state index is -3.59. The number of aromatic nitrogens is 1. The molecular formula is C13H25N3O4S. The zero-order chi connectivity index (χ0) is 16.0. The molecule has 1 unspecified atom stereocenters. The monoisotopic (exact) mass is 319 g/mol. The van der Waals surface area contributed by atoms with E-state index in [0.29, 0.717) is 6.61 Å². The van der Waals surface area contributed by atoms with Crippen LogP contribution in [0.15, 0.2) is 17.2 Å². The number of sulfonamides is 1. The fraction of sp³-hybridized carbons (Fsp3) is 0.692. The molecule has 7 nitrogen and oxygen atoms in total. The number of nitrogens with zero attached hydrogens (tertiary/aromatic N) is 1. The predicted molar refractivity (Wildman–Crippen MR) is 80.6 cm³/mol. The van der Waals surface area contributed by atoms with Crippen molar-refractivity contribution in [3.63, 3.8) is 0 Å². The SMILES string of the molecule is COCC(CNS(=O)(=O)c1cc(CN)n(C(C)C)c1)OC. The van der Waals surface area contributed by atoms with E-state index in [1.807, 2.05) is 18.4 Å². The number of hydrogen-bond donors (Lipinski definition) is 2. The lowest BCUT2D eigenvalue weighted by Gasteiger charge is -2.14. The second-order valence-corrected chi connectivity index (χ2v) is 6.80. The average Bonchev–Trinajstić information content (AvgIpc) is 2.88. The van der Waals surface area contributed by atoms with Crippen LogP contribution in [0.5, 0.6) is 0 Å². The van der Waals surface area contributed by atoms with Gasteiger partial charge in [0.05, 0.1) is 17.6 Å². The number of nitrogens with two attached hydrogens (primary N) is 1. The summed E-state index contributed by atoms with van der Waals surface area (Å²) in [5.41, 5.74) is 6.44. The van der Waals surface area contributed by atoms with E-state index in [1.165, 1.54) is 14.2 Å². The highest BCUT2D eigenvalue weighted by atomic mass is 32.2. The molecule has 0 aliphatic carbocycles. The Kier molecular flexibility index (Phi) is 6.82. The van der Waals surface area contributed by atoms with Gasteiger partial charge in [0.1, 0.15) is 0 Å². The van der Waals surface area contributed by atoms with Gasteiger partial charge in [-0.25, -0.2) is 13.1 Å². The van der Waals surface area contributed by atoms with Gasteiger partial charge in [-0.3, -0.25) is 0 Å². The van der Waals surface area contributed by atoms with Crippen molar-refractivity contribution in [2.24, 2.45) is 5.73 Å². The van der Waals surface area contributed by atoms with Crippen LogP contribution < -0.4 is 10.5 Å². The summed E-state index contributed by atoms with van der Waals surface area (Å²) in [5.74, 6) is 0. The number of methoxy groups -OCH3 is 2. The molecule has 0 spiro atoms. The Morgan fingerprint density at radius 1 is 1.38 bits per heavy atom. The van der Waals surface area contributed by atoms with E-state index in [1.54, 1.807) is 12.3 Å². The molecule has 1 atom stereocenters. The first-order valence-electron chi connectivity index (χ1n) is 6.78. The van der Waals surface area contributed by atoms with Gasteiger partial charge in [-0.1, -0.05) is 0 Å². The molecule has 8 heteroatoms. The van der Waals surface area contributed by atoms with E-state index in [2.05, 4.69) is 4.72 Å². The van der Waals surface area contributed by atoms with Gasteiger partial charge in [0.25, 0.3) is 0 Å². The van der Waals surface area contributed by atoms with Crippen LogP contribution in [0.1, 0.15) is 25.6 Å². The van der Waals surface area contributed by atoms with Crippen LogP contribution in [0, 0.1) is 0 Å². The Balaban J connectivity index is 2.88. The largest absolute Gasteiger partial charge is 0.382 e. The van der Waals surface area contributed by atoms with Crippen molar-refractivity contribution in [2.45, 2.75) is 37.4 Å². The van der Waals surface area contributed by atoms with Crippen molar-refractivity contribution in [2.75, 3.05) is 27.4 Å². The minimum absolute atomic E-state index is 0.146. The second-order valence-electron chi connectivity index (χ2n) is 5.04. The molecule has 0 aliphatic heterocycles. The maximum atomic E-state index is 12.3. The van der Waals surface area contributed by atoms with Gasteiger partial charge in [0.15, 0.2) is 0 Å². The molecule has 0 radical (unpaired) electrons. The molecule has 0 aromatic carbocycles. The molecule has 1 aromatic rings. The normalized spacial score (nSPS) is 13.8. The molecule has 0 amide bonds. The lowest BCUT2D eigenvalue weighted by molar-refractivity contribution is 0.0320. The molecule has 0 fully saturated rings. The molecule has 1 heterocycles. The van der Waals surface area contributed by atoms with Gasteiger partial charge in [-0.05, 0) is 19.9 Å². The summed E-state index contributed by atoms with van der Waals surface area (Å²) in [7, 11) is -0.539. The maximum absolute atomic E-state index is 12.3. The highest BCUT2D eigenvalue weighted by Gasteiger charge is 2.20. The Morgan fingerprint density at radius 3 is 2.48 bits per heavy atom. The van der Waals surface area contributed by atoms with E-state index in [-0.39, 0.29) is 30.1 Å². The van der Waals surface area contributed by atoms with E-state index >= 15 is 0 Å². The van der Waals surface area contributed by atoms with E-state index in [4.69, 9.17) is 15.2 Å². The molecular weight excluding hydrogens is 294 g/mol. The average molecular weight is 319 g/mol. The quantitative estimate of drug-likeness (QED) is 0.690. The van der Waals surface area contributed by atoms with Crippen LogP contribution in [-0.2, 0) is 26.0 Å². The maximum Gasteiger partial charge on any atom is 0.242 e. The molecule has 1 aromatic heterocycles. The summed E-state index contributed by atoms with van der Waals surface area (Å²) in [6, 6.07) is 1.74. The Bertz CT molecular complexity index is 540. The smallest absolute Gasteiger partial charge is 0.242 e. The summed E-state index contributed by atoms with van der Waals surface area (Å²) in [4.78, 5) is 0.212. The highest BCUT2D eigenvalue weighted by molar-refractivity contribution is 7.89. The Hall–Kier alpha value is -0.930. The van der Waals surface area contributed by atoms with E-state index in [0.717, 1.165) is 5.69 Å². The van der Waals surface area contributed by atoms with Gasteiger partial charge >= 0.3 is 0 Å². The molecule has 0 saturated carbocycles. The van der Waals surface area contributed by atoms with Crippen molar-refractivity contribution in [3.8, 4) is 0 Å². The van der Waals surface area contributed by atoms with Gasteiger partial charge in [0, 0.05) is 45.2 Å². The first kappa shape index (κ1) is 18.1. The Labute approximate surface area is 126 Å². The van der Waals surface area contributed by atoms with Gasteiger partial charge in [-0.15, -0.1) is 0 Å². The Morgan fingerprint density at radius 2 is 2.05 bits per heavy atom. The van der Waals surface area contributed by atoms with Gasteiger partial charge < -0.3 is 19.8 Å². The molecule has 0 bridgehead atoms. The van der Waals surface area contributed by atoms with Crippen molar-refractivity contribution >= 4 is 10.0 Å². The van der Waals surface area contributed by atoms with Crippen LogP contribution in [-0.4, -0.2) is 46.5 Å². The number of hydrogen-bond acceptors (Lipinski definition) is 5. The topological polar surface area (TPSA) is 95.6 Å². The third-order valence-corrected chi connectivity index (χ3v) is 4.56. The molecule has 122 valence electrons. The van der Waals surface area contributed by atoms with Crippen LogP contribution in [0.3, 0.4) is 0 Å². The van der Waals surface area contributed by atoms with E-state index in [9.17, 15) is 8.42 Å². The number of rotatable bonds is 9. The fourth-order valence-corrected chi connectivity index (χ4v) is 3.09. The summed E-state index contributed by atoms with van der Waals surface area (Å²) in [5, 5.41) is 0. The minimum Gasteiger partial charge on any atom is -0.382 e. The lowest BCUT2D eigenvalue weighted by Crippen LogP contribution is -2.35. The van der Waals surface area contributed by atoms with Crippen LogP contribution in [0.25, 0.3) is 0 Å². The van der Waals surface area contributed by atoms with Gasteiger partial charge in [0.2, 0.25) is 10.0 Å². The first-order chi connectivity index (χ1) is 9.85.